The van der Waals surface area contributed by atoms with Crippen molar-refractivity contribution in [3.63, 3.8) is 0 Å². The summed E-state index contributed by atoms with van der Waals surface area (Å²) in [7, 11) is 0. The molecule has 1 aliphatic heterocycles. The fourth-order valence-corrected chi connectivity index (χ4v) is 3.17. The van der Waals surface area contributed by atoms with Crippen LogP contribution < -0.4 is 0 Å². The Morgan fingerprint density at radius 3 is 2.71 bits per heavy atom. The molecule has 17 heavy (non-hydrogen) atoms. The molecule has 0 saturated carbocycles. The zero-order valence-electron chi connectivity index (χ0n) is 12.0. The Hall–Kier alpha value is 0.0500. The summed E-state index contributed by atoms with van der Waals surface area (Å²) in [5.41, 5.74) is 0.329. The SMILES string of the molecule is CCC(C)C1OC(C)SCC/C=C\C(C)C1C. The van der Waals surface area contributed by atoms with Crippen LogP contribution in [-0.4, -0.2) is 17.3 Å². The largest absolute Gasteiger partial charge is 0.364 e. The fourth-order valence-electron chi connectivity index (χ4n) is 2.36. The van der Waals surface area contributed by atoms with Gasteiger partial charge in [0.2, 0.25) is 0 Å². The van der Waals surface area contributed by atoms with Crippen molar-refractivity contribution < 1.29 is 4.74 Å². The van der Waals surface area contributed by atoms with Crippen LogP contribution in [0.5, 0.6) is 0 Å². The van der Waals surface area contributed by atoms with Gasteiger partial charge in [0.15, 0.2) is 0 Å². The number of rotatable bonds is 2. The number of hydrogen-bond acceptors (Lipinski definition) is 2. The van der Waals surface area contributed by atoms with Crippen molar-refractivity contribution in [1.29, 1.82) is 0 Å². The molecule has 1 heterocycles. The van der Waals surface area contributed by atoms with E-state index in [0.717, 1.165) is 0 Å². The average molecular weight is 256 g/mol. The van der Waals surface area contributed by atoms with Gasteiger partial charge in [-0.2, -0.15) is 0 Å². The maximum absolute atomic E-state index is 6.29. The van der Waals surface area contributed by atoms with Gasteiger partial charge in [0, 0.05) is 0 Å². The van der Waals surface area contributed by atoms with Gasteiger partial charge in [-0.25, -0.2) is 0 Å². The van der Waals surface area contributed by atoms with Crippen LogP contribution in [0.25, 0.3) is 0 Å². The lowest BCUT2D eigenvalue weighted by Gasteiger charge is -2.34. The molecular weight excluding hydrogens is 228 g/mol. The van der Waals surface area contributed by atoms with E-state index < -0.39 is 0 Å². The molecule has 1 rings (SSSR count). The van der Waals surface area contributed by atoms with Crippen molar-refractivity contribution in [3.05, 3.63) is 12.2 Å². The van der Waals surface area contributed by atoms with Gasteiger partial charge in [-0.1, -0.05) is 46.3 Å². The zero-order chi connectivity index (χ0) is 12.8. The molecule has 5 unspecified atom stereocenters. The molecule has 1 aliphatic rings. The van der Waals surface area contributed by atoms with Gasteiger partial charge in [-0.3, -0.25) is 0 Å². The molecule has 0 aliphatic carbocycles. The van der Waals surface area contributed by atoms with E-state index in [4.69, 9.17) is 4.74 Å². The number of ether oxygens (including phenoxy) is 1. The Morgan fingerprint density at radius 1 is 1.35 bits per heavy atom. The molecule has 0 fully saturated rings. The summed E-state index contributed by atoms with van der Waals surface area (Å²) >= 11 is 1.94. The molecule has 0 spiro atoms. The molecule has 0 amide bonds. The Bertz CT molecular complexity index is 239. The van der Waals surface area contributed by atoms with Crippen LogP contribution in [0.4, 0.5) is 0 Å². The first-order valence-corrected chi connectivity index (χ1v) is 8.04. The Morgan fingerprint density at radius 2 is 2.06 bits per heavy atom. The molecule has 1 nitrogen and oxygen atoms in total. The fraction of sp³-hybridized carbons (Fsp3) is 0.867. The molecule has 0 aromatic carbocycles. The van der Waals surface area contributed by atoms with Crippen LogP contribution >= 0.6 is 11.8 Å². The third-order valence-electron chi connectivity index (χ3n) is 3.98. The summed E-state index contributed by atoms with van der Waals surface area (Å²) in [5, 5.41) is 0. The van der Waals surface area contributed by atoms with Crippen molar-refractivity contribution in [2.75, 3.05) is 5.75 Å². The van der Waals surface area contributed by atoms with Gasteiger partial charge < -0.3 is 4.74 Å². The summed E-state index contributed by atoms with van der Waals surface area (Å²) in [6.07, 6.45) is 7.48. The van der Waals surface area contributed by atoms with Crippen LogP contribution in [0.3, 0.4) is 0 Å². The zero-order valence-corrected chi connectivity index (χ0v) is 12.8. The highest BCUT2D eigenvalue weighted by Crippen LogP contribution is 2.30. The summed E-state index contributed by atoms with van der Waals surface area (Å²) in [4.78, 5) is 0. The average Bonchev–Trinajstić information content (AvgIpc) is 2.32. The monoisotopic (exact) mass is 256 g/mol. The first kappa shape index (κ1) is 15.1. The van der Waals surface area contributed by atoms with Crippen LogP contribution in [0.15, 0.2) is 12.2 Å². The van der Waals surface area contributed by atoms with Gasteiger partial charge in [-0.05, 0) is 36.9 Å². The van der Waals surface area contributed by atoms with Crippen LogP contribution in [-0.2, 0) is 4.74 Å². The van der Waals surface area contributed by atoms with Crippen LogP contribution in [0.2, 0.25) is 0 Å². The molecule has 0 saturated heterocycles. The minimum Gasteiger partial charge on any atom is -0.364 e. The molecule has 5 atom stereocenters. The molecule has 0 N–H and O–H groups in total. The van der Waals surface area contributed by atoms with Gasteiger partial charge in [0.1, 0.15) is 5.44 Å². The van der Waals surface area contributed by atoms with Gasteiger partial charge >= 0.3 is 0 Å². The van der Waals surface area contributed by atoms with Gasteiger partial charge in [-0.15, -0.1) is 11.8 Å². The quantitative estimate of drug-likeness (QED) is 0.661. The standard InChI is InChI=1S/C15H28OS/c1-6-11(2)15-13(4)12(3)9-7-8-10-17-14(5)16-15/h7,9,11-15H,6,8,10H2,1-5H3/b9-7-. The smallest absolute Gasteiger partial charge is 0.100 e. The van der Waals surface area contributed by atoms with Crippen molar-refractivity contribution in [2.45, 2.75) is 59.0 Å². The molecule has 0 radical (unpaired) electrons. The van der Waals surface area contributed by atoms with E-state index in [0.29, 0.717) is 29.3 Å². The Balaban J connectivity index is 2.79. The Labute approximate surface area is 111 Å². The van der Waals surface area contributed by atoms with E-state index in [9.17, 15) is 0 Å². The number of allylic oxidation sites excluding steroid dienone is 2. The van der Waals surface area contributed by atoms with Crippen molar-refractivity contribution in [1.82, 2.24) is 0 Å². The summed E-state index contributed by atoms with van der Waals surface area (Å²) in [6, 6.07) is 0. The molecule has 0 aromatic heterocycles. The maximum Gasteiger partial charge on any atom is 0.100 e. The lowest BCUT2D eigenvalue weighted by atomic mass is 9.83. The van der Waals surface area contributed by atoms with Crippen molar-refractivity contribution in [2.24, 2.45) is 17.8 Å². The van der Waals surface area contributed by atoms with Gasteiger partial charge in [0.25, 0.3) is 0 Å². The second-order valence-corrected chi connectivity index (χ2v) is 6.77. The summed E-state index contributed by atoms with van der Waals surface area (Å²) in [6.45, 7) is 11.4. The normalized spacial score (nSPS) is 39.6. The number of hydrogen-bond donors (Lipinski definition) is 0. The third-order valence-corrected chi connectivity index (χ3v) is 5.03. The third kappa shape index (κ3) is 4.67. The predicted molar refractivity (Wildman–Crippen MR) is 78.3 cm³/mol. The van der Waals surface area contributed by atoms with Crippen molar-refractivity contribution >= 4 is 11.8 Å². The topological polar surface area (TPSA) is 9.23 Å². The van der Waals surface area contributed by atoms with E-state index in [1.165, 1.54) is 18.6 Å². The second kappa shape index (κ2) is 7.48. The molecule has 0 bridgehead atoms. The van der Waals surface area contributed by atoms with Gasteiger partial charge in [0.05, 0.1) is 6.10 Å². The number of thioether (sulfide) groups is 1. The lowest BCUT2D eigenvalue weighted by molar-refractivity contribution is -0.0352. The minimum absolute atomic E-state index is 0.329. The minimum atomic E-state index is 0.329. The van der Waals surface area contributed by atoms with Crippen LogP contribution in [0.1, 0.15) is 47.5 Å². The summed E-state index contributed by atoms with van der Waals surface area (Å²) in [5.74, 6) is 3.03. The molecule has 0 aromatic rings. The first-order chi connectivity index (χ1) is 8.06. The summed E-state index contributed by atoms with van der Waals surface area (Å²) < 4.78 is 6.29. The van der Waals surface area contributed by atoms with E-state index >= 15 is 0 Å². The van der Waals surface area contributed by atoms with E-state index in [1.807, 2.05) is 11.8 Å². The van der Waals surface area contributed by atoms with Crippen LogP contribution in [0, 0.1) is 17.8 Å². The lowest BCUT2D eigenvalue weighted by Crippen LogP contribution is -2.34. The molecule has 2 heteroatoms. The Kier molecular flexibility index (Phi) is 6.65. The maximum atomic E-state index is 6.29. The molecule has 100 valence electrons. The highest BCUT2D eigenvalue weighted by atomic mass is 32.2. The predicted octanol–water partition coefficient (Wildman–Crippen LogP) is 4.73. The first-order valence-electron chi connectivity index (χ1n) is 7.00. The highest BCUT2D eigenvalue weighted by molar-refractivity contribution is 7.99. The van der Waals surface area contributed by atoms with E-state index in [1.54, 1.807) is 0 Å². The highest BCUT2D eigenvalue weighted by Gasteiger charge is 2.28. The van der Waals surface area contributed by atoms with Crippen molar-refractivity contribution in [3.8, 4) is 0 Å². The second-order valence-electron chi connectivity index (χ2n) is 5.36. The molecular formula is C15H28OS. The van der Waals surface area contributed by atoms with E-state index in [2.05, 4.69) is 46.8 Å². The van der Waals surface area contributed by atoms with E-state index in [-0.39, 0.29) is 0 Å².